The fraction of sp³-hybridized carbons (Fsp3) is 0.222. The lowest BCUT2D eigenvalue weighted by molar-refractivity contribution is -0.122. The number of benzene rings is 1. The Bertz CT molecular complexity index is 1190. The Balaban J connectivity index is 2.15. The fourth-order valence-electron chi connectivity index (χ4n) is 2.73. The van der Waals surface area contributed by atoms with Gasteiger partial charge in [-0.05, 0) is 19.1 Å². The molecule has 11 heteroatoms. The van der Waals surface area contributed by atoms with Gasteiger partial charge in [0.15, 0.2) is 16.4 Å². The maximum Gasteiger partial charge on any atom is 0.244 e. The molecular formula is C18H20N6O4S. The van der Waals surface area contributed by atoms with Crippen molar-refractivity contribution in [3.8, 4) is 0 Å². The van der Waals surface area contributed by atoms with Gasteiger partial charge in [-0.15, -0.1) is 5.10 Å². The smallest absolute Gasteiger partial charge is 0.244 e. The van der Waals surface area contributed by atoms with Crippen LogP contribution in [-0.2, 0) is 19.4 Å². The summed E-state index contributed by atoms with van der Waals surface area (Å²) in [4.78, 5) is 27.5. The predicted molar refractivity (Wildman–Crippen MR) is 106 cm³/mol. The van der Waals surface area contributed by atoms with Crippen LogP contribution >= 0.6 is 0 Å². The Morgan fingerprint density at radius 1 is 1.17 bits per heavy atom. The highest BCUT2D eigenvalue weighted by Crippen LogP contribution is 2.31. The van der Waals surface area contributed by atoms with Crippen LogP contribution in [0.15, 0.2) is 46.2 Å². The summed E-state index contributed by atoms with van der Waals surface area (Å²) in [6, 6.07) is 9.52. The van der Waals surface area contributed by atoms with E-state index in [1.54, 1.807) is 38.2 Å². The second kappa shape index (κ2) is 7.87. The average molecular weight is 416 g/mol. The van der Waals surface area contributed by atoms with Crippen LogP contribution in [0.1, 0.15) is 12.6 Å². The van der Waals surface area contributed by atoms with Crippen molar-refractivity contribution < 1.29 is 18.0 Å². The molecule has 152 valence electrons. The molecule has 0 fully saturated rings. The zero-order chi connectivity index (χ0) is 21.2. The lowest BCUT2D eigenvalue weighted by Gasteiger charge is -2.09. The third kappa shape index (κ3) is 4.04. The Morgan fingerprint density at radius 3 is 2.48 bits per heavy atom. The molecule has 3 N–H and O–H groups in total. The van der Waals surface area contributed by atoms with Crippen LogP contribution in [0.2, 0.25) is 0 Å². The predicted octanol–water partition coefficient (Wildman–Crippen LogP) is 0.987. The number of amides is 2. The first-order chi connectivity index (χ1) is 13.7. The van der Waals surface area contributed by atoms with Gasteiger partial charge >= 0.3 is 0 Å². The second-order valence-electron chi connectivity index (χ2n) is 6.22. The molecule has 1 aromatic carbocycles. The molecule has 2 amide bonds. The molecule has 0 saturated heterocycles. The third-order valence-corrected chi connectivity index (χ3v) is 5.81. The zero-order valence-corrected chi connectivity index (χ0v) is 16.9. The van der Waals surface area contributed by atoms with Crippen molar-refractivity contribution in [3.63, 3.8) is 0 Å². The van der Waals surface area contributed by atoms with Crippen LogP contribution in [0.3, 0.4) is 0 Å². The molecule has 0 radical (unpaired) electrons. The van der Waals surface area contributed by atoms with Crippen molar-refractivity contribution in [2.45, 2.75) is 23.6 Å². The van der Waals surface area contributed by atoms with Crippen LogP contribution in [0.5, 0.6) is 0 Å². The van der Waals surface area contributed by atoms with Gasteiger partial charge in [-0.25, -0.2) is 13.4 Å². The maximum absolute atomic E-state index is 13.2. The van der Waals surface area contributed by atoms with E-state index >= 15 is 0 Å². The summed E-state index contributed by atoms with van der Waals surface area (Å²) in [5, 5.41) is 12.1. The van der Waals surface area contributed by atoms with E-state index in [2.05, 4.69) is 26.0 Å². The van der Waals surface area contributed by atoms with Crippen molar-refractivity contribution >= 4 is 38.9 Å². The van der Waals surface area contributed by atoms with Gasteiger partial charge in [0.2, 0.25) is 21.7 Å². The summed E-state index contributed by atoms with van der Waals surface area (Å²) >= 11 is 0. The van der Waals surface area contributed by atoms with Crippen molar-refractivity contribution in [1.82, 2.24) is 19.9 Å². The monoisotopic (exact) mass is 416 g/mol. The van der Waals surface area contributed by atoms with E-state index in [0.717, 1.165) is 0 Å². The molecule has 0 aliphatic rings. The quantitative estimate of drug-likeness (QED) is 0.545. The molecule has 0 saturated carbocycles. The van der Waals surface area contributed by atoms with Gasteiger partial charge in [-0.3, -0.25) is 9.59 Å². The summed E-state index contributed by atoms with van der Waals surface area (Å²) in [5.41, 5.74) is 0.562. The first-order valence-corrected chi connectivity index (χ1v) is 10.1. The van der Waals surface area contributed by atoms with Gasteiger partial charge < -0.3 is 16.0 Å². The van der Waals surface area contributed by atoms with Crippen LogP contribution in [0, 0.1) is 6.92 Å². The largest absolute Gasteiger partial charge is 0.370 e. The summed E-state index contributed by atoms with van der Waals surface area (Å²) in [6.45, 7) is 2.75. The Morgan fingerprint density at radius 2 is 1.86 bits per heavy atom. The first kappa shape index (κ1) is 20.3. The maximum atomic E-state index is 13.2. The average Bonchev–Trinajstić information content (AvgIpc) is 3.06. The van der Waals surface area contributed by atoms with E-state index in [-0.39, 0.29) is 39.5 Å². The molecule has 2 aromatic heterocycles. The van der Waals surface area contributed by atoms with E-state index in [1.807, 2.05) is 0 Å². The number of sulfone groups is 1. The van der Waals surface area contributed by atoms with E-state index in [4.69, 9.17) is 0 Å². The number of anilines is 2. The number of carbonyl (C=O) groups excluding carboxylic acids is 2. The number of carbonyl (C=O) groups is 2. The summed E-state index contributed by atoms with van der Waals surface area (Å²) < 4.78 is 27.7. The van der Waals surface area contributed by atoms with Crippen molar-refractivity contribution in [1.29, 1.82) is 0 Å². The Hall–Kier alpha value is -3.47. The molecule has 0 unspecified atom stereocenters. The summed E-state index contributed by atoms with van der Waals surface area (Å²) in [6.07, 6.45) is 0. The number of aryl methyl sites for hydroxylation is 1. The van der Waals surface area contributed by atoms with Gasteiger partial charge in [0.05, 0.1) is 11.4 Å². The number of fused-ring (bicyclic) bond motifs is 1. The zero-order valence-electron chi connectivity index (χ0n) is 16.1. The SMILES string of the molecule is CNc1nn2c(NC(=O)CNC(C)=O)cc(C)nc2c1S(=O)(=O)c1ccccc1. The Labute approximate surface area is 167 Å². The van der Waals surface area contributed by atoms with Crippen molar-refractivity contribution in [2.24, 2.45) is 0 Å². The summed E-state index contributed by atoms with van der Waals surface area (Å²) in [7, 11) is -2.38. The topological polar surface area (TPSA) is 135 Å². The molecule has 0 atom stereocenters. The van der Waals surface area contributed by atoms with Gasteiger partial charge in [0, 0.05) is 25.7 Å². The molecule has 0 aliphatic heterocycles. The molecule has 2 heterocycles. The van der Waals surface area contributed by atoms with Crippen LogP contribution in [0.25, 0.3) is 5.65 Å². The molecule has 0 bridgehead atoms. The number of nitrogens with zero attached hydrogens (tertiary/aromatic N) is 3. The molecule has 3 aromatic rings. The molecule has 3 rings (SSSR count). The van der Waals surface area contributed by atoms with Crippen molar-refractivity contribution in [3.05, 3.63) is 42.1 Å². The third-order valence-electron chi connectivity index (χ3n) is 4.00. The number of rotatable bonds is 6. The highest BCUT2D eigenvalue weighted by molar-refractivity contribution is 7.91. The van der Waals surface area contributed by atoms with E-state index in [0.29, 0.717) is 5.69 Å². The fourth-order valence-corrected chi connectivity index (χ4v) is 4.25. The van der Waals surface area contributed by atoms with E-state index < -0.39 is 15.7 Å². The van der Waals surface area contributed by atoms with Gasteiger partial charge in [-0.2, -0.15) is 4.52 Å². The van der Waals surface area contributed by atoms with Gasteiger partial charge in [0.25, 0.3) is 0 Å². The van der Waals surface area contributed by atoms with Gasteiger partial charge in [-0.1, -0.05) is 18.2 Å². The number of nitrogens with one attached hydrogen (secondary N) is 3. The first-order valence-electron chi connectivity index (χ1n) is 8.66. The standard InChI is InChI=1S/C18H20N6O4S/c1-11-9-14(22-15(26)10-20-12(2)25)24-18(21-11)16(17(19-3)23-24)29(27,28)13-7-5-4-6-8-13/h4-9H,10H2,1-3H3,(H,19,23)(H,20,25)(H,22,26). The molecule has 0 spiro atoms. The molecule has 10 nitrogen and oxygen atoms in total. The van der Waals surface area contributed by atoms with Gasteiger partial charge in [0.1, 0.15) is 5.82 Å². The number of hydrogen-bond acceptors (Lipinski definition) is 7. The van der Waals surface area contributed by atoms with Crippen LogP contribution < -0.4 is 16.0 Å². The minimum absolute atomic E-state index is 0.0769. The molecule has 29 heavy (non-hydrogen) atoms. The lowest BCUT2D eigenvalue weighted by atomic mass is 10.4. The van der Waals surface area contributed by atoms with E-state index in [1.165, 1.54) is 23.6 Å². The van der Waals surface area contributed by atoms with Crippen molar-refractivity contribution in [2.75, 3.05) is 24.2 Å². The highest BCUT2D eigenvalue weighted by Gasteiger charge is 2.29. The van der Waals surface area contributed by atoms with Crippen LogP contribution in [0.4, 0.5) is 11.6 Å². The highest BCUT2D eigenvalue weighted by atomic mass is 32.2. The lowest BCUT2D eigenvalue weighted by Crippen LogP contribution is -2.31. The Kier molecular flexibility index (Phi) is 5.50. The second-order valence-corrected chi connectivity index (χ2v) is 8.11. The van der Waals surface area contributed by atoms with E-state index in [9.17, 15) is 18.0 Å². The number of aromatic nitrogens is 3. The molecular weight excluding hydrogens is 396 g/mol. The summed E-state index contributed by atoms with van der Waals surface area (Å²) in [5.74, 6) is -0.497. The normalized spacial score (nSPS) is 11.3. The van der Waals surface area contributed by atoms with Crippen LogP contribution in [-0.4, -0.2) is 48.4 Å². The molecule has 0 aliphatic carbocycles. The minimum atomic E-state index is -3.93. The minimum Gasteiger partial charge on any atom is -0.370 e. The number of hydrogen-bond donors (Lipinski definition) is 3.